The zero-order valence-electron chi connectivity index (χ0n) is 17.1. The number of fused-ring (bicyclic) bond motifs is 1. The van der Waals surface area contributed by atoms with Crippen molar-refractivity contribution in [1.82, 2.24) is 0 Å². The molecule has 0 aliphatic carbocycles. The van der Waals surface area contributed by atoms with E-state index in [9.17, 15) is 13.2 Å². The Morgan fingerprint density at radius 3 is 2.40 bits per heavy atom. The topological polar surface area (TPSA) is 104 Å². The van der Waals surface area contributed by atoms with Gasteiger partial charge in [-0.05, 0) is 55.8 Å². The molecule has 1 heterocycles. The highest BCUT2D eigenvalue weighted by molar-refractivity contribution is 7.92. The molecule has 0 amide bonds. The Morgan fingerprint density at radius 2 is 1.77 bits per heavy atom. The summed E-state index contributed by atoms with van der Waals surface area (Å²) in [6.07, 6.45) is 0. The predicted molar refractivity (Wildman–Crippen MR) is 112 cm³/mol. The van der Waals surface area contributed by atoms with Crippen molar-refractivity contribution in [3.63, 3.8) is 0 Å². The molecular formula is C21H23NO7S. The molecule has 0 atom stereocenters. The molecule has 0 bridgehead atoms. The lowest BCUT2D eigenvalue weighted by molar-refractivity contribution is 0.0388. The van der Waals surface area contributed by atoms with Crippen molar-refractivity contribution in [1.29, 1.82) is 0 Å². The van der Waals surface area contributed by atoms with Crippen molar-refractivity contribution >= 4 is 32.6 Å². The maximum atomic E-state index is 12.8. The molecule has 0 unspecified atom stereocenters. The molecule has 0 saturated heterocycles. The normalized spacial score (nSPS) is 11.5. The summed E-state index contributed by atoms with van der Waals surface area (Å²) >= 11 is 0. The minimum atomic E-state index is -3.84. The maximum absolute atomic E-state index is 12.8. The number of rotatable bonds is 8. The van der Waals surface area contributed by atoms with Crippen LogP contribution < -0.4 is 9.46 Å². The number of anilines is 1. The van der Waals surface area contributed by atoms with E-state index in [1.807, 2.05) is 0 Å². The van der Waals surface area contributed by atoms with Crippen molar-refractivity contribution in [2.45, 2.75) is 18.7 Å². The third-order valence-corrected chi connectivity index (χ3v) is 5.93. The summed E-state index contributed by atoms with van der Waals surface area (Å²) in [5.41, 5.74) is 1.71. The van der Waals surface area contributed by atoms with Crippen LogP contribution in [0, 0.1) is 13.8 Å². The van der Waals surface area contributed by atoms with Crippen LogP contribution in [0.25, 0.3) is 11.0 Å². The molecule has 160 valence electrons. The molecule has 2 aromatic carbocycles. The summed E-state index contributed by atoms with van der Waals surface area (Å²) in [4.78, 5) is 12.6. The van der Waals surface area contributed by atoms with Crippen LogP contribution in [0.5, 0.6) is 5.75 Å². The van der Waals surface area contributed by atoms with Crippen LogP contribution in [-0.4, -0.2) is 41.8 Å². The molecule has 1 aromatic heterocycles. The van der Waals surface area contributed by atoms with E-state index in [4.69, 9.17) is 18.6 Å². The van der Waals surface area contributed by atoms with Gasteiger partial charge in [-0.3, -0.25) is 4.72 Å². The molecule has 0 fully saturated rings. The van der Waals surface area contributed by atoms with Crippen molar-refractivity contribution in [2.24, 2.45) is 0 Å². The first kappa shape index (κ1) is 21.7. The number of hydrogen-bond acceptors (Lipinski definition) is 7. The first-order valence-corrected chi connectivity index (χ1v) is 10.6. The lowest BCUT2D eigenvalue weighted by Gasteiger charge is -2.11. The van der Waals surface area contributed by atoms with E-state index in [0.29, 0.717) is 33.7 Å². The van der Waals surface area contributed by atoms with Gasteiger partial charge in [0.25, 0.3) is 10.0 Å². The van der Waals surface area contributed by atoms with Crippen LogP contribution >= 0.6 is 0 Å². The van der Waals surface area contributed by atoms with Gasteiger partial charge in [0.1, 0.15) is 29.3 Å². The average molecular weight is 433 g/mol. The third kappa shape index (κ3) is 4.42. The number of benzene rings is 2. The number of esters is 1. The van der Waals surface area contributed by atoms with Gasteiger partial charge in [-0.15, -0.1) is 0 Å². The van der Waals surface area contributed by atoms with Crippen LogP contribution in [0.3, 0.4) is 0 Å². The number of sulfonamides is 1. The van der Waals surface area contributed by atoms with Gasteiger partial charge in [0, 0.05) is 12.5 Å². The van der Waals surface area contributed by atoms with E-state index in [1.165, 1.54) is 26.4 Å². The Morgan fingerprint density at radius 1 is 1.07 bits per heavy atom. The van der Waals surface area contributed by atoms with Crippen LogP contribution in [-0.2, 0) is 19.5 Å². The Hall–Kier alpha value is -3.04. The van der Waals surface area contributed by atoms with Crippen LogP contribution in [0.2, 0.25) is 0 Å². The minimum Gasteiger partial charge on any atom is -0.497 e. The number of carbonyl (C=O) groups excluding carboxylic acids is 1. The van der Waals surface area contributed by atoms with Gasteiger partial charge in [-0.25, -0.2) is 13.2 Å². The number of furan rings is 1. The molecule has 0 spiro atoms. The minimum absolute atomic E-state index is 0.0883. The Kier molecular flexibility index (Phi) is 6.33. The monoisotopic (exact) mass is 433 g/mol. The van der Waals surface area contributed by atoms with E-state index < -0.39 is 16.0 Å². The van der Waals surface area contributed by atoms with Gasteiger partial charge >= 0.3 is 5.97 Å². The average Bonchev–Trinajstić information content (AvgIpc) is 3.02. The van der Waals surface area contributed by atoms with Gasteiger partial charge in [0.05, 0.1) is 24.3 Å². The number of ether oxygens (including phenoxy) is 3. The van der Waals surface area contributed by atoms with Crippen LogP contribution in [0.4, 0.5) is 5.69 Å². The summed E-state index contributed by atoms with van der Waals surface area (Å²) in [5, 5.41) is 0.466. The molecule has 9 heteroatoms. The third-order valence-electron chi connectivity index (χ3n) is 4.55. The van der Waals surface area contributed by atoms with E-state index in [1.54, 1.807) is 38.1 Å². The molecule has 0 saturated carbocycles. The number of aryl methyl sites for hydroxylation is 2. The second kappa shape index (κ2) is 8.76. The zero-order chi connectivity index (χ0) is 21.9. The molecule has 0 radical (unpaired) electrons. The molecule has 1 N–H and O–H groups in total. The van der Waals surface area contributed by atoms with Gasteiger partial charge < -0.3 is 18.6 Å². The maximum Gasteiger partial charge on any atom is 0.342 e. The van der Waals surface area contributed by atoms with Crippen LogP contribution in [0.1, 0.15) is 21.7 Å². The van der Waals surface area contributed by atoms with Crippen molar-refractivity contribution in [2.75, 3.05) is 32.2 Å². The second-order valence-electron chi connectivity index (χ2n) is 6.61. The highest BCUT2D eigenvalue weighted by atomic mass is 32.2. The molecule has 3 rings (SSSR count). The lowest BCUT2D eigenvalue weighted by Crippen LogP contribution is -2.14. The molecule has 8 nitrogen and oxygen atoms in total. The van der Waals surface area contributed by atoms with E-state index in [0.717, 1.165) is 0 Å². The summed E-state index contributed by atoms with van der Waals surface area (Å²) in [6.45, 7) is 3.78. The largest absolute Gasteiger partial charge is 0.497 e. The van der Waals surface area contributed by atoms with E-state index in [-0.39, 0.29) is 23.7 Å². The first-order valence-electron chi connectivity index (χ1n) is 9.13. The van der Waals surface area contributed by atoms with Gasteiger partial charge in [-0.2, -0.15) is 0 Å². The molecule has 30 heavy (non-hydrogen) atoms. The first-order chi connectivity index (χ1) is 14.3. The summed E-state index contributed by atoms with van der Waals surface area (Å²) in [5.74, 6) is 0.384. The molecule has 3 aromatic rings. The second-order valence-corrected chi connectivity index (χ2v) is 8.29. The number of methoxy groups -OCH3 is 2. The summed E-state index contributed by atoms with van der Waals surface area (Å²) in [7, 11) is -0.827. The standard InChI is InChI=1S/C21H23NO7S/c1-13-11-19-17(20(14(2)29-19)21(23)28-10-9-26-3)12-18(13)22-30(24,25)16-7-5-15(27-4)6-8-16/h5-8,11-12,22H,9-10H2,1-4H3. The fourth-order valence-corrected chi connectivity index (χ4v) is 4.10. The van der Waals surface area contributed by atoms with Crippen molar-refractivity contribution in [3.8, 4) is 5.75 Å². The smallest absolute Gasteiger partial charge is 0.342 e. The Bertz CT molecular complexity index is 1160. The summed E-state index contributed by atoms with van der Waals surface area (Å²) < 4.78 is 49.0. The van der Waals surface area contributed by atoms with Crippen molar-refractivity contribution in [3.05, 3.63) is 53.3 Å². The number of nitrogens with one attached hydrogen (secondary N) is 1. The molecular weight excluding hydrogens is 410 g/mol. The predicted octanol–water partition coefficient (Wildman–Crippen LogP) is 3.66. The fraction of sp³-hybridized carbons (Fsp3) is 0.286. The SMILES string of the molecule is COCCOC(=O)c1c(C)oc2cc(C)c(NS(=O)(=O)c3ccc(OC)cc3)cc12. The van der Waals surface area contributed by atoms with Gasteiger partial charge in [0.2, 0.25) is 0 Å². The Balaban J connectivity index is 1.96. The lowest BCUT2D eigenvalue weighted by atomic mass is 10.1. The van der Waals surface area contributed by atoms with E-state index in [2.05, 4.69) is 4.72 Å². The fourth-order valence-electron chi connectivity index (χ4n) is 2.98. The highest BCUT2D eigenvalue weighted by Gasteiger charge is 2.22. The van der Waals surface area contributed by atoms with Gasteiger partial charge in [-0.1, -0.05) is 0 Å². The van der Waals surface area contributed by atoms with Gasteiger partial charge in [0.15, 0.2) is 0 Å². The summed E-state index contributed by atoms with van der Waals surface area (Å²) in [6, 6.07) is 9.30. The quantitative estimate of drug-likeness (QED) is 0.427. The molecule has 0 aliphatic rings. The van der Waals surface area contributed by atoms with Crippen LogP contribution in [0.15, 0.2) is 45.7 Å². The van der Waals surface area contributed by atoms with Crippen molar-refractivity contribution < 1.29 is 31.8 Å². The number of carbonyl (C=O) groups is 1. The zero-order valence-corrected chi connectivity index (χ0v) is 18.0. The molecule has 0 aliphatic heterocycles. The highest BCUT2D eigenvalue weighted by Crippen LogP contribution is 2.32. The Labute approximate surface area is 174 Å². The van der Waals surface area contributed by atoms with E-state index >= 15 is 0 Å². The number of hydrogen-bond donors (Lipinski definition) is 1.